The molecule has 21 heavy (non-hydrogen) atoms. The minimum Gasteiger partial charge on any atom is -0.455 e. The molecule has 3 aromatic carbocycles. The van der Waals surface area contributed by atoms with Crippen LogP contribution in [0.15, 0.2) is 59.0 Å². The summed E-state index contributed by atoms with van der Waals surface area (Å²) in [6.45, 7) is 0. The van der Waals surface area contributed by atoms with Gasteiger partial charge >= 0.3 is 0 Å². The Morgan fingerprint density at radius 3 is 2.57 bits per heavy atom. The molecule has 0 saturated heterocycles. The first-order chi connectivity index (χ1) is 10.3. The minimum atomic E-state index is 0.784. The molecule has 0 aliphatic rings. The lowest BCUT2D eigenvalue weighted by Gasteiger charge is -1.96. The third kappa shape index (κ3) is 1.46. The first-order valence-electron chi connectivity index (χ1n) is 6.74. The van der Waals surface area contributed by atoms with E-state index in [0.717, 1.165) is 37.7 Å². The van der Waals surface area contributed by atoms with Gasteiger partial charge in [0.15, 0.2) is 0 Å². The van der Waals surface area contributed by atoms with Gasteiger partial charge in [0.05, 0.1) is 5.02 Å². The molecular formula is C18H9ClOS. The first kappa shape index (κ1) is 11.6. The number of hydrogen-bond acceptors (Lipinski definition) is 2. The highest BCUT2D eigenvalue weighted by Gasteiger charge is 2.15. The average molecular weight is 309 g/mol. The second-order valence-electron chi connectivity index (χ2n) is 5.13. The number of hydrogen-bond donors (Lipinski definition) is 0. The second kappa shape index (κ2) is 4.00. The van der Waals surface area contributed by atoms with E-state index >= 15 is 0 Å². The third-order valence-corrected chi connectivity index (χ3v) is 5.39. The van der Waals surface area contributed by atoms with Crippen LogP contribution in [0.4, 0.5) is 0 Å². The third-order valence-electron chi connectivity index (χ3n) is 3.95. The maximum Gasteiger partial charge on any atom is 0.144 e. The van der Waals surface area contributed by atoms with Crippen molar-refractivity contribution in [2.24, 2.45) is 0 Å². The fraction of sp³-hybridized carbons (Fsp3) is 0. The van der Waals surface area contributed by atoms with Crippen molar-refractivity contribution in [2.45, 2.75) is 0 Å². The van der Waals surface area contributed by atoms with E-state index in [4.69, 9.17) is 16.0 Å². The summed E-state index contributed by atoms with van der Waals surface area (Å²) in [5.74, 6) is 0. The van der Waals surface area contributed by atoms with E-state index < -0.39 is 0 Å². The molecule has 100 valence electrons. The van der Waals surface area contributed by atoms with Crippen LogP contribution in [-0.4, -0.2) is 0 Å². The van der Waals surface area contributed by atoms with E-state index in [-0.39, 0.29) is 0 Å². The first-order valence-corrected chi connectivity index (χ1v) is 7.93. The van der Waals surface area contributed by atoms with Gasteiger partial charge in [-0.1, -0.05) is 35.9 Å². The number of halogens is 1. The molecule has 0 aliphatic heterocycles. The summed E-state index contributed by atoms with van der Waals surface area (Å²) >= 11 is 8.20. The van der Waals surface area contributed by atoms with E-state index in [1.54, 1.807) is 11.3 Å². The van der Waals surface area contributed by atoms with Crippen molar-refractivity contribution < 1.29 is 4.42 Å². The average Bonchev–Trinajstić information content (AvgIpc) is 3.05. The Balaban J connectivity index is 2.15. The van der Waals surface area contributed by atoms with Gasteiger partial charge < -0.3 is 4.42 Å². The monoisotopic (exact) mass is 308 g/mol. The molecule has 1 nitrogen and oxygen atoms in total. The molecule has 0 saturated carbocycles. The Hall–Kier alpha value is -2.03. The van der Waals surface area contributed by atoms with Crippen LogP contribution in [-0.2, 0) is 0 Å². The molecule has 2 heterocycles. The van der Waals surface area contributed by atoms with Gasteiger partial charge in [-0.3, -0.25) is 0 Å². The summed E-state index contributed by atoms with van der Waals surface area (Å²) in [5.41, 5.74) is 1.86. The normalized spacial score (nSPS) is 12.0. The molecule has 0 amide bonds. The van der Waals surface area contributed by atoms with Gasteiger partial charge in [-0.2, -0.15) is 0 Å². The van der Waals surface area contributed by atoms with Crippen LogP contribution in [0.3, 0.4) is 0 Å². The molecule has 0 aliphatic carbocycles. The van der Waals surface area contributed by atoms with Crippen molar-refractivity contribution in [1.29, 1.82) is 0 Å². The molecule has 0 N–H and O–H groups in total. The maximum atomic E-state index is 6.44. The molecule has 5 aromatic rings. The number of benzene rings is 3. The van der Waals surface area contributed by atoms with Gasteiger partial charge in [-0.15, -0.1) is 11.3 Å². The van der Waals surface area contributed by atoms with Gasteiger partial charge in [0.2, 0.25) is 0 Å². The number of rotatable bonds is 0. The predicted molar refractivity (Wildman–Crippen MR) is 91.6 cm³/mol. The van der Waals surface area contributed by atoms with Crippen molar-refractivity contribution in [1.82, 2.24) is 0 Å². The molecule has 0 fully saturated rings. The highest BCUT2D eigenvalue weighted by molar-refractivity contribution is 7.26. The van der Waals surface area contributed by atoms with Crippen molar-refractivity contribution in [2.75, 3.05) is 0 Å². The molecular weight excluding hydrogens is 300 g/mol. The number of furan rings is 1. The van der Waals surface area contributed by atoms with Crippen LogP contribution in [0, 0.1) is 0 Å². The van der Waals surface area contributed by atoms with Crippen molar-refractivity contribution in [3.63, 3.8) is 0 Å². The van der Waals surface area contributed by atoms with Gasteiger partial charge in [0, 0.05) is 30.9 Å². The Bertz CT molecular complexity index is 1150. The van der Waals surface area contributed by atoms with Gasteiger partial charge in [-0.05, 0) is 30.3 Å². The Labute approximate surface area is 129 Å². The number of fused-ring (bicyclic) bond motifs is 7. The molecule has 5 rings (SSSR count). The van der Waals surface area contributed by atoms with E-state index in [1.165, 1.54) is 9.40 Å². The van der Waals surface area contributed by atoms with Crippen LogP contribution in [0.2, 0.25) is 5.02 Å². The highest BCUT2D eigenvalue weighted by Crippen LogP contribution is 2.43. The summed E-state index contributed by atoms with van der Waals surface area (Å²) in [5, 5.41) is 5.32. The molecule has 2 aromatic heterocycles. The molecule has 0 unspecified atom stereocenters. The standard InChI is InChI=1S/C18H9ClOS/c19-12-5-3-7-14-16(12)17-15(21-14)9-8-11-10-4-1-2-6-13(10)20-18(11)17/h1-9H. The van der Waals surface area contributed by atoms with Crippen LogP contribution in [0.25, 0.3) is 42.1 Å². The Morgan fingerprint density at radius 1 is 0.762 bits per heavy atom. The van der Waals surface area contributed by atoms with Crippen molar-refractivity contribution >= 4 is 65.0 Å². The Morgan fingerprint density at radius 2 is 1.62 bits per heavy atom. The molecule has 0 spiro atoms. The smallest absolute Gasteiger partial charge is 0.144 e. The zero-order valence-electron chi connectivity index (χ0n) is 10.9. The van der Waals surface area contributed by atoms with Crippen LogP contribution in [0.5, 0.6) is 0 Å². The quantitative estimate of drug-likeness (QED) is 0.314. The Kier molecular flexibility index (Phi) is 2.21. The highest BCUT2D eigenvalue weighted by atomic mass is 35.5. The van der Waals surface area contributed by atoms with E-state index in [1.807, 2.05) is 30.3 Å². The molecule has 3 heteroatoms. The summed E-state index contributed by atoms with van der Waals surface area (Å²) < 4.78 is 8.55. The van der Waals surface area contributed by atoms with Crippen LogP contribution in [0.1, 0.15) is 0 Å². The topological polar surface area (TPSA) is 13.1 Å². The van der Waals surface area contributed by atoms with Crippen LogP contribution < -0.4 is 0 Å². The largest absolute Gasteiger partial charge is 0.455 e. The van der Waals surface area contributed by atoms with Crippen LogP contribution >= 0.6 is 22.9 Å². The summed E-state index contributed by atoms with van der Waals surface area (Å²) in [7, 11) is 0. The van der Waals surface area contributed by atoms with Gasteiger partial charge in [0.1, 0.15) is 11.2 Å². The number of thiophene rings is 1. The van der Waals surface area contributed by atoms with E-state index in [9.17, 15) is 0 Å². The number of para-hydroxylation sites is 1. The van der Waals surface area contributed by atoms with Gasteiger partial charge in [0.25, 0.3) is 0 Å². The van der Waals surface area contributed by atoms with Crippen molar-refractivity contribution in [3.05, 3.63) is 59.6 Å². The van der Waals surface area contributed by atoms with E-state index in [0.29, 0.717) is 0 Å². The zero-order valence-corrected chi connectivity index (χ0v) is 12.5. The van der Waals surface area contributed by atoms with Crippen molar-refractivity contribution in [3.8, 4) is 0 Å². The second-order valence-corrected chi connectivity index (χ2v) is 6.62. The van der Waals surface area contributed by atoms with E-state index in [2.05, 4.69) is 24.3 Å². The lowest BCUT2D eigenvalue weighted by molar-refractivity contribution is 0.673. The summed E-state index contributed by atoms with van der Waals surface area (Å²) in [6.07, 6.45) is 0. The summed E-state index contributed by atoms with van der Waals surface area (Å²) in [6, 6.07) is 18.5. The van der Waals surface area contributed by atoms with Gasteiger partial charge in [-0.25, -0.2) is 0 Å². The maximum absolute atomic E-state index is 6.44. The molecule has 0 radical (unpaired) electrons. The molecule has 0 bridgehead atoms. The SMILES string of the molecule is Clc1cccc2sc3ccc4c5ccccc5oc4c3c12. The summed E-state index contributed by atoms with van der Waals surface area (Å²) in [4.78, 5) is 0. The fourth-order valence-electron chi connectivity index (χ4n) is 3.04. The molecule has 0 atom stereocenters. The lowest BCUT2D eigenvalue weighted by atomic mass is 10.1. The fourth-order valence-corrected chi connectivity index (χ4v) is 4.50. The minimum absolute atomic E-state index is 0.784. The zero-order chi connectivity index (χ0) is 14.0. The lowest BCUT2D eigenvalue weighted by Crippen LogP contribution is -1.70. The predicted octanol–water partition coefficient (Wildman–Crippen LogP) is 6.61.